The third kappa shape index (κ3) is 2.76. The van der Waals surface area contributed by atoms with Crippen LogP contribution in [0.5, 0.6) is 0 Å². The van der Waals surface area contributed by atoms with Gasteiger partial charge in [-0.05, 0) is 18.6 Å². The van der Waals surface area contributed by atoms with Crippen LogP contribution < -0.4 is 16.0 Å². The third-order valence-electron chi connectivity index (χ3n) is 2.67. The molecule has 1 fully saturated rings. The molecule has 0 spiro atoms. The van der Waals surface area contributed by atoms with Crippen LogP contribution in [0.3, 0.4) is 0 Å². The lowest BCUT2D eigenvalue weighted by Gasteiger charge is -2.23. The number of hydrogen-bond acceptors (Lipinski definition) is 3. The Morgan fingerprint density at radius 2 is 2.00 bits per heavy atom. The molecule has 0 saturated carbocycles. The summed E-state index contributed by atoms with van der Waals surface area (Å²) in [4.78, 5) is 13.4. The highest BCUT2D eigenvalue weighted by Crippen LogP contribution is 2.33. The van der Waals surface area contributed by atoms with Gasteiger partial charge in [-0.25, -0.2) is 0 Å². The van der Waals surface area contributed by atoms with E-state index in [0.717, 1.165) is 18.7 Å². The van der Waals surface area contributed by atoms with Gasteiger partial charge in [-0.3, -0.25) is 4.79 Å². The van der Waals surface area contributed by atoms with E-state index in [9.17, 15) is 4.79 Å². The van der Waals surface area contributed by atoms with E-state index >= 15 is 0 Å². The van der Waals surface area contributed by atoms with E-state index < -0.39 is 0 Å². The molecule has 0 unspecified atom stereocenters. The highest BCUT2D eigenvalue weighted by atomic mass is 35.5. The maximum Gasteiger partial charge on any atom is 0.239 e. The first kappa shape index (κ1) is 12.3. The van der Waals surface area contributed by atoms with Crippen LogP contribution in [0.25, 0.3) is 0 Å². The Morgan fingerprint density at radius 1 is 1.29 bits per heavy atom. The van der Waals surface area contributed by atoms with E-state index in [1.165, 1.54) is 0 Å². The molecule has 0 aliphatic carbocycles. The van der Waals surface area contributed by atoms with Crippen molar-refractivity contribution in [2.24, 2.45) is 0 Å². The van der Waals surface area contributed by atoms with Gasteiger partial charge in [-0.15, -0.1) is 0 Å². The van der Waals surface area contributed by atoms with Gasteiger partial charge < -0.3 is 16.0 Å². The average Bonchev–Trinajstić information content (AvgIpc) is 2.48. The molecule has 17 heavy (non-hydrogen) atoms. The van der Waals surface area contributed by atoms with Gasteiger partial charge >= 0.3 is 0 Å². The number of nitrogen functional groups attached to an aromatic ring is 1. The SMILES string of the molecule is Nc1cc(Cl)c(Cl)cc1N1CCCNC(=O)C1. The molecule has 6 heteroatoms. The number of carbonyl (C=O) groups is 1. The quantitative estimate of drug-likeness (QED) is 0.769. The molecule has 0 bridgehead atoms. The molecular weight excluding hydrogens is 261 g/mol. The number of rotatable bonds is 1. The topological polar surface area (TPSA) is 58.4 Å². The van der Waals surface area contributed by atoms with Crippen LogP contribution in [0.2, 0.25) is 10.0 Å². The van der Waals surface area contributed by atoms with Gasteiger partial charge in [-0.2, -0.15) is 0 Å². The van der Waals surface area contributed by atoms with Crippen LogP contribution in [-0.2, 0) is 4.79 Å². The molecule has 1 amide bonds. The summed E-state index contributed by atoms with van der Waals surface area (Å²) in [5, 5.41) is 3.68. The Labute approximate surface area is 110 Å². The van der Waals surface area contributed by atoms with Gasteiger partial charge in [-0.1, -0.05) is 23.2 Å². The standard InChI is InChI=1S/C11H13Cl2N3O/c12-7-4-9(14)10(5-8(7)13)16-3-1-2-15-11(17)6-16/h4-5H,1-3,6,14H2,(H,15,17). The van der Waals surface area contributed by atoms with Crippen LogP contribution in [0, 0.1) is 0 Å². The van der Waals surface area contributed by atoms with Gasteiger partial charge in [0.15, 0.2) is 0 Å². The molecule has 4 nitrogen and oxygen atoms in total. The number of carbonyl (C=O) groups excluding carboxylic acids is 1. The van der Waals surface area contributed by atoms with E-state index in [-0.39, 0.29) is 5.91 Å². The molecule has 0 atom stereocenters. The molecule has 0 radical (unpaired) electrons. The van der Waals surface area contributed by atoms with Crippen molar-refractivity contribution in [3.8, 4) is 0 Å². The van der Waals surface area contributed by atoms with Gasteiger partial charge in [0, 0.05) is 13.1 Å². The fourth-order valence-electron chi connectivity index (χ4n) is 1.84. The predicted molar refractivity (Wildman–Crippen MR) is 70.7 cm³/mol. The predicted octanol–water partition coefficient (Wildman–Crippen LogP) is 1.90. The first-order chi connectivity index (χ1) is 8.08. The Hall–Kier alpha value is -1.13. The smallest absolute Gasteiger partial charge is 0.239 e. The largest absolute Gasteiger partial charge is 0.397 e. The number of nitrogens with one attached hydrogen (secondary N) is 1. The van der Waals surface area contributed by atoms with Crippen molar-refractivity contribution in [2.45, 2.75) is 6.42 Å². The second kappa shape index (κ2) is 5.02. The highest BCUT2D eigenvalue weighted by molar-refractivity contribution is 6.42. The highest BCUT2D eigenvalue weighted by Gasteiger charge is 2.18. The van der Waals surface area contributed by atoms with Crippen molar-refractivity contribution in [3.05, 3.63) is 22.2 Å². The minimum absolute atomic E-state index is 0.00651. The molecular formula is C11H13Cl2N3O. The second-order valence-electron chi connectivity index (χ2n) is 3.95. The Balaban J connectivity index is 2.32. The monoisotopic (exact) mass is 273 g/mol. The lowest BCUT2D eigenvalue weighted by atomic mass is 10.2. The summed E-state index contributed by atoms with van der Waals surface area (Å²) >= 11 is 11.8. The summed E-state index contributed by atoms with van der Waals surface area (Å²) < 4.78 is 0. The number of anilines is 2. The van der Waals surface area contributed by atoms with Crippen LogP contribution in [0.1, 0.15) is 6.42 Å². The van der Waals surface area contributed by atoms with Crippen LogP contribution in [-0.4, -0.2) is 25.5 Å². The van der Waals surface area contributed by atoms with Gasteiger partial charge in [0.1, 0.15) is 0 Å². The number of amides is 1. The molecule has 1 aliphatic heterocycles. The van der Waals surface area contributed by atoms with Gasteiger partial charge in [0.25, 0.3) is 0 Å². The molecule has 1 aromatic carbocycles. The second-order valence-corrected chi connectivity index (χ2v) is 4.76. The molecule has 2 rings (SSSR count). The van der Waals surface area contributed by atoms with Gasteiger partial charge in [0.2, 0.25) is 5.91 Å². The van der Waals surface area contributed by atoms with Crippen molar-refractivity contribution in [2.75, 3.05) is 30.3 Å². The fourth-order valence-corrected chi connectivity index (χ4v) is 2.17. The summed E-state index contributed by atoms with van der Waals surface area (Å²) in [6.07, 6.45) is 0.880. The van der Waals surface area contributed by atoms with Crippen molar-refractivity contribution < 1.29 is 4.79 Å². The lowest BCUT2D eigenvalue weighted by molar-refractivity contribution is -0.119. The number of benzene rings is 1. The third-order valence-corrected chi connectivity index (χ3v) is 3.39. The van der Waals surface area contributed by atoms with Crippen molar-refractivity contribution in [1.82, 2.24) is 5.32 Å². The van der Waals surface area contributed by atoms with Crippen molar-refractivity contribution >= 4 is 40.5 Å². The van der Waals surface area contributed by atoms with Gasteiger partial charge in [0.05, 0.1) is 28.0 Å². The summed E-state index contributed by atoms with van der Waals surface area (Å²) in [5.41, 5.74) is 7.20. The fraction of sp³-hybridized carbons (Fsp3) is 0.364. The van der Waals surface area contributed by atoms with Crippen molar-refractivity contribution in [1.29, 1.82) is 0 Å². The molecule has 1 saturated heterocycles. The summed E-state index contributed by atoms with van der Waals surface area (Å²) in [7, 11) is 0. The number of hydrogen-bond donors (Lipinski definition) is 2. The Bertz CT molecular complexity index is 451. The van der Waals surface area contributed by atoms with E-state index in [1.807, 2.05) is 4.90 Å². The van der Waals surface area contributed by atoms with Crippen LogP contribution >= 0.6 is 23.2 Å². The molecule has 1 aromatic rings. The Kier molecular flexibility index (Phi) is 3.64. The van der Waals surface area contributed by atoms with Crippen LogP contribution in [0.4, 0.5) is 11.4 Å². The normalized spacial score (nSPS) is 16.6. The zero-order valence-electron chi connectivity index (χ0n) is 9.17. The first-order valence-electron chi connectivity index (χ1n) is 5.34. The minimum Gasteiger partial charge on any atom is -0.397 e. The Morgan fingerprint density at radius 3 is 2.76 bits per heavy atom. The maximum absolute atomic E-state index is 11.5. The first-order valence-corrected chi connectivity index (χ1v) is 6.09. The maximum atomic E-state index is 11.5. The lowest BCUT2D eigenvalue weighted by Crippen LogP contribution is -2.33. The molecule has 0 aromatic heterocycles. The van der Waals surface area contributed by atoms with E-state index in [0.29, 0.717) is 28.8 Å². The van der Waals surface area contributed by atoms with E-state index in [1.54, 1.807) is 12.1 Å². The zero-order chi connectivity index (χ0) is 12.4. The zero-order valence-corrected chi connectivity index (χ0v) is 10.7. The summed E-state index contributed by atoms with van der Waals surface area (Å²) in [6.45, 7) is 1.75. The number of nitrogens with two attached hydrogens (primary N) is 1. The van der Waals surface area contributed by atoms with E-state index in [2.05, 4.69) is 5.32 Å². The number of halogens is 2. The molecule has 1 heterocycles. The average molecular weight is 274 g/mol. The molecule has 92 valence electrons. The summed E-state index contributed by atoms with van der Waals surface area (Å²) in [5.74, 6) is -0.00651. The van der Waals surface area contributed by atoms with Crippen molar-refractivity contribution in [3.63, 3.8) is 0 Å². The molecule has 1 aliphatic rings. The summed E-state index contributed by atoms with van der Waals surface area (Å²) in [6, 6.07) is 3.32. The van der Waals surface area contributed by atoms with Crippen LogP contribution in [0.15, 0.2) is 12.1 Å². The number of nitrogens with zero attached hydrogens (tertiary/aromatic N) is 1. The minimum atomic E-state index is -0.00651. The molecule has 3 N–H and O–H groups in total. The van der Waals surface area contributed by atoms with E-state index in [4.69, 9.17) is 28.9 Å².